The molecule has 1 aliphatic heterocycles. The lowest BCUT2D eigenvalue weighted by Gasteiger charge is -2.32. The first kappa shape index (κ1) is 14.8. The minimum absolute atomic E-state index is 0.0614. The van der Waals surface area contributed by atoms with E-state index in [4.69, 9.17) is 9.47 Å². The van der Waals surface area contributed by atoms with Crippen molar-refractivity contribution in [3.8, 4) is 11.8 Å². The SMILES string of the molecule is COc1cncc(OC2CCCN(C(=O)c3ccsc3)C2)n1. The number of carbonyl (C=O) groups excluding carboxylic acids is 1. The van der Waals surface area contributed by atoms with Gasteiger partial charge in [0, 0.05) is 11.9 Å². The number of hydrogen-bond acceptors (Lipinski definition) is 6. The van der Waals surface area contributed by atoms with E-state index in [1.807, 2.05) is 21.7 Å². The minimum atomic E-state index is -0.0715. The molecule has 1 unspecified atom stereocenters. The minimum Gasteiger partial charge on any atom is -0.480 e. The summed E-state index contributed by atoms with van der Waals surface area (Å²) >= 11 is 1.53. The Morgan fingerprint density at radius 1 is 1.41 bits per heavy atom. The van der Waals surface area contributed by atoms with Gasteiger partial charge >= 0.3 is 0 Å². The largest absolute Gasteiger partial charge is 0.480 e. The average Bonchev–Trinajstić information content (AvgIpc) is 3.09. The molecule has 2 aromatic heterocycles. The fraction of sp³-hybridized carbons (Fsp3) is 0.400. The van der Waals surface area contributed by atoms with Gasteiger partial charge in [-0.2, -0.15) is 16.3 Å². The van der Waals surface area contributed by atoms with Crippen molar-refractivity contribution in [1.29, 1.82) is 0 Å². The first-order valence-corrected chi connectivity index (χ1v) is 8.04. The molecule has 0 aliphatic carbocycles. The number of nitrogens with zero attached hydrogens (tertiary/aromatic N) is 3. The molecule has 1 fully saturated rings. The molecule has 0 radical (unpaired) electrons. The molecule has 1 atom stereocenters. The number of amides is 1. The van der Waals surface area contributed by atoms with Crippen LogP contribution in [0, 0.1) is 0 Å². The number of thiophene rings is 1. The van der Waals surface area contributed by atoms with Gasteiger partial charge in [-0.3, -0.25) is 9.78 Å². The summed E-state index contributed by atoms with van der Waals surface area (Å²) in [5, 5.41) is 3.79. The summed E-state index contributed by atoms with van der Waals surface area (Å²) in [7, 11) is 1.54. The molecule has 0 aromatic carbocycles. The van der Waals surface area contributed by atoms with Gasteiger partial charge in [0.15, 0.2) is 0 Å². The molecule has 2 aromatic rings. The third kappa shape index (κ3) is 3.36. The van der Waals surface area contributed by atoms with Crippen LogP contribution in [0.5, 0.6) is 11.8 Å². The van der Waals surface area contributed by atoms with Crippen molar-refractivity contribution >= 4 is 17.2 Å². The van der Waals surface area contributed by atoms with E-state index in [2.05, 4.69) is 9.97 Å². The van der Waals surface area contributed by atoms with Gasteiger partial charge in [-0.05, 0) is 24.3 Å². The highest BCUT2D eigenvalue weighted by Gasteiger charge is 2.26. The highest BCUT2D eigenvalue weighted by Crippen LogP contribution is 2.20. The van der Waals surface area contributed by atoms with E-state index in [1.54, 1.807) is 6.20 Å². The second kappa shape index (κ2) is 6.74. The molecule has 3 rings (SSSR count). The second-order valence-electron chi connectivity index (χ2n) is 5.04. The van der Waals surface area contributed by atoms with E-state index >= 15 is 0 Å². The van der Waals surface area contributed by atoms with Crippen LogP contribution in [0.4, 0.5) is 0 Å². The van der Waals surface area contributed by atoms with Gasteiger partial charge in [-0.15, -0.1) is 0 Å². The van der Waals surface area contributed by atoms with Crippen molar-refractivity contribution in [3.63, 3.8) is 0 Å². The fourth-order valence-corrected chi connectivity index (χ4v) is 3.07. The number of methoxy groups -OCH3 is 1. The Bertz CT molecular complexity index is 633. The summed E-state index contributed by atoms with van der Waals surface area (Å²) in [4.78, 5) is 22.4. The number of aromatic nitrogens is 2. The molecule has 0 N–H and O–H groups in total. The number of carbonyl (C=O) groups is 1. The lowest BCUT2D eigenvalue weighted by Crippen LogP contribution is -2.44. The summed E-state index contributed by atoms with van der Waals surface area (Å²) in [5.41, 5.74) is 0.742. The first-order chi connectivity index (χ1) is 10.8. The molecular formula is C15H17N3O3S. The van der Waals surface area contributed by atoms with E-state index in [0.717, 1.165) is 24.9 Å². The van der Waals surface area contributed by atoms with Crippen LogP contribution in [0.1, 0.15) is 23.2 Å². The number of likely N-dealkylation sites (tertiary alicyclic amines) is 1. The predicted molar refractivity (Wildman–Crippen MR) is 82.5 cm³/mol. The zero-order chi connectivity index (χ0) is 15.4. The zero-order valence-corrected chi connectivity index (χ0v) is 13.1. The average molecular weight is 319 g/mol. The Morgan fingerprint density at radius 2 is 2.27 bits per heavy atom. The van der Waals surface area contributed by atoms with Crippen molar-refractivity contribution in [1.82, 2.24) is 14.9 Å². The molecular weight excluding hydrogens is 302 g/mol. The van der Waals surface area contributed by atoms with Crippen molar-refractivity contribution in [2.24, 2.45) is 0 Å². The molecule has 0 bridgehead atoms. The zero-order valence-electron chi connectivity index (χ0n) is 12.3. The topological polar surface area (TPSA) is 64.6 Å². The third-order valence-corrected chi connectivity index (χ3v) is 4.20. The Balaban J connectivity index is 1.64. The smallest absolute Gasteiger partial charge is 0.254 e. The van der Waals surface area contributed by atoms with E-state index in [1.165, 1.54) is 24.6 Å². The molecule has 3 heterocycles. The standard InChI is InChI=1S/C15H17N3O3S/c1-20-13-7-16-8-14(17-13)21-12-3-2-5-18(9-12)15(19)11-4-6-22-10-11/h4,6-8,10,12H,2-3,5,9H2,1H3. The Kier molecular flexibility index (Phi) is 4.53. The van der Waals surface area contributed by atoms with Gasteiger partial charge in [-0.1, -0.05) is 0 Å². The fourth-order valence-electron chi connectivity index (χ4n) is 2.44. The molecule has 6 nitrogen and oxygen atoms in total. The maximum absolute atomic E-state index is 12.4. The highest BCUT2D eigenvalue weighted by molar-refractivity contribution is 7.08. The van der Waals surface area contributed by atoms with Crippen LogP contribution < -0.4 is 9.47 Å². The molecule has 7 heteroatoms. The van der Waals surface area contributed by atoms with Crippen molar-refractivity contribution in [2.45, 2.75) is 18.9 Å². The van der Waals surface area contributed by atoms with E-state index in [9.17, 15) is 4.79 Å². The summed E-state index contributed by atoms with van der Waals surface area (Å²) in [6.45, 7) is 1.33. The van der Waals surface area contributed by atoms with Crippen LogP contribution in [0.25, 0.3) is 0 Å². The van der Waals surface area contributed by atoms with Gasteiger partial charge in [0.1, 0.15) is 6.10 Å². The van der Waals surface area contributed by atoms with Crippen molar-refractivity contribution in [2.75, 3.05) is 20.2 Å². The van der Waals surface area contributed by atoms with Crippen LogP contribution in [-0.4, -0.2) is 47.1 Å². The Hall–Kier alpha value is -2.15. The molecule has 0 spiro atoms. The van der Waals surface area contributed by atoms with Crippen molar-refractivity contribution < 1.29 is 14.3 Å². The molecule has 1 aliphatic rings. The summed E-state index contributed by atoms with van der Waals surface area (Å²) < 4.78 is 10.9. The van der Waals surface area contributed by atoms with Gasteiger partial charge in [0.2, 0.25) is 11.8 Å². The van der Waals surface area contributed by atoms with Gasteiger partial charge in [-0.25, -0.2) is 0 Å². The summed E-state index contributed by atoms with van der Waals surface area (Å²) in [6.07, 6.45) is 4.82. The van der Waals surface area contributed by atoms with E-state index in [0.29, 0.717) is 18.3 Å². The molecule has 116 valence electrons. The van der Waals surface area contributed by atoms with Crippen LogP contribution in [0.3, 0.4) is 0 Å². The van der Waals surface area contributed by atoms with Gasteiger partial charge < -0.3 is 14.4 Å². The maximum atomic E-state index is 12.4. The molecule has 1 amide bonds. The lowest BCUT2D eigenvalue weighted by atomic mass is 10.1. The monoisotopic (exact) mass is 319 g/mol. The van der Waals surface area contributed by atoms with Gasteiger partial charge in [0.25, 0.3) is 5.91 Å². The van der Waals surface area contributed by atoms with E-state index in [-0.39, 0.29) is 12.0 Å². The summed E-state index contributed by atoms with van der Waals surface area (Å²) in [6, 6.07) is 1.85. The number of piperidine rings is 1. The normalized spacial score (nSPS) is 18.0. The molecule has 1 saturated heterocycles. The number of hydrogen-bond donors (Lipinski definition) is 0. The number of ether oxygens (including phenoxy) is 2. The van der Waals surface area contributed by atoms with Crippen LogP contribution >= 0.6 is 11.3 Å². The number of rotatable bonds is 4. The van der Waals surface area contributed by atoms with Gasteiger partial charge in [0.05, 0.1) is 31.6 Å². The maximum Gasteiger partial charge on any atom is 0.254 e. The predicted octanol–water partition coefficient (Wildman–Crippen LogP) is 2.23. The quantitative estimate of drug-likeness (QED) is 0.864. The third-order valence-electron chi connectivity index (χ3n) is 3.52. The Morgan fingerprint density at radius 3 is 3.05 bits per heavy atom. The molecule has 22 heavy (non-hydrogen) atoms. The lowest BCUT2D eigenvalue weighted by molar-refractivity contribution is 0.0526. The molecule has 0 saturated carbocycles. The second-order valence-corrected chi connectivity index (χ2v) is 5.82. The summed E-state index contributed by atoms with van der Waals surface area (Å²) in [5.74, 6) is 0.903. The van der Waals surface area contributed by atoms with E-state index < -0.39 is 0 Å². The van der Waals surface area contributed by atoms with Crippen LogP contribution in [0.2, 0.25) is 0 Å². The van der Waals surface area contributed by atoms with Crippen LogP contribution in [-0.2, 0) is 0 Å². The Labute approximate surface area is 132 Å². The van der Waals surface area contributed by atoms with Crippen LogP contribution in [0.15, 0.2) is 29.2 Å². The van der Waals surface area contributed by atoms with Crippen molar-refractivity contribution in [3.05, 3.63) is 34.8 Å². The highest BCUT2D eigenvalue weighted by atomic mass is 32.1. The first-order valence-electron chi connectivity index (χ1n) is 7.10.